The largest absolute Gasteiger partial charge is 0.354 e. The highest BCUT2D eigenvalue weighted by atomic mass is 16.2. The van der Waals surface area contributed by atoms with Gasteiger partial charge in [-0.15, -0.1) is 0 Å². The summed E-state index contributed by atoms with van der Waals surface area (Å²) >= 11 is 0. The van der Waals surface area contributed by atoms with E-state index in [-0.39, 0.29) is 24.5 Å². The summed E-state index contributed by atoms with van der Waals surface area (Å²) in [6.07, 6.45) is 15.7. The van der Waals surface area contributed by atoms with E-state index in [4.69, 9.17) is 15.7 Å². The van der Waals surface area contributed by atoms with Gasteiger partial charge in [0.2, 0.25) is 5.91 Å². The summed E-state index contributed by atoms with van der Waals surface area (Å²) < 4.78 is 0. The molecule has 1 amide bonds. The summed E-state index contributed by atoms with van der Waals surface area (Å²) in [4.78, 5) is 44.0. The summed E-state index contributed by atoms with van der Waals surface area (Å²) in [6.45, 7) is 0.734. The molecule has 0 saturated heterocycles. The van der Waals surface area contributed by atoms with Crippen LogP contribution in [0.1, 0.15) is 80.6 Å². The molecule has 5 N–H and O–H groups in total. The number of Topliss-reactive ketones (excluding diaryl/α,β-unsaturated/α-hetero) is 1. The minimum absolute atomic E-state index is 0.137. The lowest BCUT2D eigenvalue weighted by Gasteiger charge is -2.09. The Labute approximate surface area is 374 Å². The molecule has 0 saturated carbocycles. The normalized spacial score (nSPS) is 11.8. The van der Waals surface area contributed by atoms with Gasteiger partial charge in [0.25, 0.3) is 0 Å². The van der Waals surface area contributed by atoms with Gasteiger partial charge in [-0.2, -0.15) is 0 Å². The highest BCUT2D eigenvalue weighted by molar-refractivity contribution is 6.00. The predicted octanol–water partition coefficient (Wildman–Crippen LogP) is 13.3. The first-order chi connectivity index (χ1) is 31.5. The van der Waals surface area contributed by atoms with Crippen LogP contribution in [0.5, 0.6) is 0 Å². The zero-order valence-corrected chi connectivity index (χ0v) is 35.9. The average molecular weight is 841 g/mol. The van der Waals surface area contributed by atoms with Crippen molar-refractivity contribution in [2.24, 2.45) is 5.73 Å². The number of carbonyl (C=O) groups excluding carboxylic acids is 2. The first-order valence-electron chi connectivity index (χ1n) is 22.5. The molecular weight excluding hydrogens is 789 g/mol. The molecule has 3 aromatic heterocycles. The van der Waals surface area contributed by atoms with Crippen molar-refractivity contribution in [3.8, 4) is 44.5 Å². The summed E-state index contributed by atoms with van der Waals surface area (Å²) in [7, 11) is 0. The third kappa shape index (κ3) is 9.48. The summed E-state index contributed by atoms with van der Waals surface area (Å²) in [5.41, 5.74) is 21.2. The zero-order valence-electron chi connectivity index (χ0n) is 35.9. The minimum atomic E-state index is -0.171. The number of carbonyl (C=O) groups is 2. The summed E-state index contributed by atoms with van der Waals surface area (Å²) in [5.74, 6) is -0.0348. The number of nitrogens with one attached hydrogen (secondary N) is 3. The molecule has 0 aliphatic carbocycles. The number of rotatable bonds is 16. The van der Waals surface area contributed by atoms with Crippen LogP contribution in [0.15, 0.2) is 140 Å². The van der Waals surface area contributed by atoms with E-state index in [9.17, 15) is 9.59 Å². The van der Waals surface area contributed by atoms with Crippen molar-refractivity contribution in [2.75, 3.05) is 11.9 Å². The molecule has 4 aromatic carbocycles. The van der Waals surface area contributed by atoms with Crippen LogP contribution in [0.25, 0.3) is 90.9 Å². The fourth-order valence-corrected chi connectivity index (χ4v) is 8.73. The highest BCUT2D eigenvalue weighted by Crippen LogP contribution is 2.38. The van der Waals surface area contributed by atoms with Crippen LogP contribution in [0, 0.1) is 0 Å². The number of ketones is 1. The quantitative estimate of drug-likeness (QED) is 0.0720. The number of anilines is 1. The fraction of sp³-hybridized carbons (Fsp3) is 0.179. The smallest absolute Gasteiger partial charge is 0.224 e. The second kappa shape index (κ2) is 19.7. The third-order valence-corrected chi connectivity index (χ3v) is 11.9. The van der Waals surface area contributed by atoms with Gasteiger partial charge in [0.15, 0.2) is 0 Å². The molecule has 2 aliphatic rings. The Kier molecular flexibility index (Phi) is 12.9. The Bertz CT molecular complexity index is 2960. The van der Waals surface area contributed by atoms with Gasteiger partial charge in [0.1, 0.15) is 5.78 Å². The predicted molar refractivity (Wildman–Crippen MR) is 265 cm³/mol. The number of hydrogen-bond donors (Lipinski definition) is 4. The van der Waals surface area contributed by atoms with Gasteiger partial charge in [0, 0.05) is 69.3 Å². The molecule has 2 aliphatic heterocycles. The second-order valence-electron chi connectivity index (χ2n) is 16.4. The number of unbranched alkanes of at least 4 members (excludes halogenated alkanes) is 5. The Hall–Kier alpha value is -7.42. The zero-order chi connectivity index (χ0) is 43.7. The van der Waals surface area contributed by atoms with E-state index in [1.165, 1.54) is 0 Å². The number of aromatic nitrogens is 4. The van der Waals surface area contributed by atoms with E-state index in [1.807, 2.05) is 42.5 Å². The first-order valence-corrected chi connectivity index (χ1v) is 22.5. The molecule has 0 radical (unpaired) electrons. The van der Waals surface area contributed by atoms with Crippen molar-refractivity contribution in [1.29, 1.82) is 0 Å². The number of benzene rings is 4. The maximum absolute atomic E-state index is 13.0. The fourth-order valence-electron chi connectivity index (χ4n) is 8.73. The number of nitrogens with zero attached hydrogens (tertiary/aromatic N) is 2. The van der Waals surface area contributed by atoms with Crippen LogP contribution in [0.3, 0.4) is 0 Å². The van der Waals surface area contributed by atoms with Gasteiger partial charge >= 0.3 is 0 Å². The molecule has 8 nitrogen and oxygen atoms in total. The Morgan fingerprint density at radius 1 is 0.422 bits per heavy atom. The van der Waals surface area contributed by atoms with Crippen molar-refractivity contribution in [3.63, 3.8) is 0 Å². The number of amides is 1. The van der Waals surface area contributed by atoms with Crippen molar-refractivity contribution < 1.29 is 9.59 Å². The molecule has 7 aromatic rings. The Morgan fingerprint density at radius 2 is 0.797 bits per heavy atom. The number of fused-ring (bicyclic) bond motifs is 8. The molecule has 318 valence electrons. The van der Waals surface area contributed by atoms with Gasteiger partial charge < -0.3 is 21.0 Å². The lowest BCUT2D eigenvalue weighted by Crippen LogP contribution is -2.13. The number of hydrogen-bond acceptors (Lipinski definition) is 5. The molecule has 9 rings (SSSR count). The van der Waals surface area contributed by atoms with Crippen molar-refractivity contribution >= 4 is 63.7 Å². The van der Waals surface area contributed by atoms with Crippen molar-refractivity contribution in [2.45, 2.75) is 57.8 Å². The molecular formula is C56H52N6O2. The van der Waals surface area contributed by atoms with Crippen LogP contribution in [-0.2, 0) is 9.59 Å². The van der Waals surface area contributed by atoms with Crippen LogP contribution in [0.2, 0.25) is 0 Å². The van der Waals surface area contributed by atoms with Crippen LogP contribution in [-0.4, -0.2) is 38.2 Å². The van der Waals surface area contributed by atoms with E-state index in [2.05, 4.69) is 137 Å². The molecule has 8 heteroatoms. The minimum Gasteiger partial charge on any atom is -0.354 e. The summed E-state index contributed by atoms with van der Waals surface area (Å²) in [5, 5.41) is 3.01. The summed E-state index contributed by atoms with van der Waals surface area (Å²) in [6, 6.07) is 47.5. The maximum atomic E-state index is 13.0. The van der Waals surface area contributed by atoms with Gasteiger partial charge in [-0.25, -0.2) is 9.97 Å². The second-order valence-corrected chi connectivity index (χ2v) is 16.4. The lowest BCUT2D eigenvalue weighted by molar-refractivity contribution is -0.123. The van der Waals surface area contributed by atoms with Crippen LogP contribution in [0.4, 0.5) is 5.69 Å². The number of nitrogens with two attached hydrogens (primary N) is 1. The van der Waals surface area contributed by atoms with Crippen LogP contribution >= 0.6 is 0 Å². The number of aromatic amines is 2. The van der Waals surface area contributed by atoms with E-state index in [1.54, 1.807) is 0 Å². The number of H-pyrrole nitrogens is 2. The van der Waals surface area contributed by atoms with Gasteiger partial charge in [-0.3, -0.25) is 9.59 Å². The van der Waals surface area contributed by atoms with Crippen LogP contribution < -0.4 is 11.1 Å². The molecule has 64 heavy (non-hydrogen) atoms. The Morgan fingerprint density at radius 3 is 1.20 bits per heavy atom. The van der Waals surface area contributed by atoms with E-state index < -0.39 is 0 Å². The van der Waals surface area contributed by atoms with Gasteiger partial charge in [0.05, 0.1) is 22.8 Å². The van der Waals surface area contributed by atoms with Gasteiger partial charge in [-0.05, 0) is 102 Å². The Balaban J connectivity index is 1.14. The third-order valence-electron chi connectivity index (χ3n) is 11.9. The standard InChI is InChI=1S/C56H52N6O2/c57-37-15-4-2-1-3-14-22-43(63)27-36-52(64)58-42-25-23-41(24-26-42)56-50-34-32-48(61-50)54(39-18-10-6-11-19-39)46-30-28-44(59-46)53(38-16-8-5-9-17-38)45-29-31-47(60-45)55(40-20-12-7-13-21-40)49-33-35-51(56)62-49/h5-13,16-21,23-26,28-35,59,62H,1-4,14-15,22,27,36-37,57H2,(H,58,64). The molecule has 8 bridgehead atoms. The van der Waals surface area contributed by atoms with Crippen molar-refractivity contribution in [3.05, 3.63) is 162 Å². The molecule has 5 heterocycles. The molecule has 0 unspecified atom stereocenters. The average Bonchev–Trinajstić information content (AvgIpc) is 4.18. The van der Waals surface area contributed by atoms with E-state index >= 15 is 0 Å². The highest BCUT2D eigenvalue weighted by Gasteiger charge is 2.19. The topological polar surface area (TPSA) is 130 Å². The van der Waals surface area contributed by atoms with E-state index in [0.717, 1.165) is 134 Å². The maximum Gasteiger partial charge on any atom is 0.224 e. The molecule has 0 atom stereocenters. The van der Waals surface area contributed by atoms with E-state index in [0.29, 0.717) is 12.1 Å². The first kappa shape index (κ1) is 41.9. The van der Waals surface area contributed by atoms with Gasteiger partial charge in [-0.1, -0.05) is 129 Å². The monoisotopic (exact) mass is 840 g/mol. The molecule has 0 spiro atoms. The molecule has 0 fully saturated rings. The lowest BCUT2D eigenvalue weighted by atomic mass is 10.0. The SMILES string of the molecule is NCCCCCCCCC(=O)CCC(=O)Nc1ccc(-c2c3nc(c(-c4ccccc4)c4ccc([nH]4)c(-c4ccccc4)c4nc(c(-c5ccccc5)c5ccc2[nH]5)C=C4)C=C3)cc1. The van der Waals surface area contributed by atoms with Crippen molar-refractivity contribution in [1.82, 2.24) is 19.9 Å².